The van der Waals surface area contributed by atoms with Crippen LogP contribution in [-0.4, -0.2) is 13.4 Å². The van der Waals surface area contributed by atoms with Crippen molar-refractivity contribution in [2.45, 2.75) is 0 Å². The summed E-state index contributed by atoms with van der Waals surface area (Å²) in [4.78, 5) is 10.8. The van der Waals surface area contributed by atoms with Crippen LogP contribution in [0.25, 0.3) is 11.1 Å². The van der Waals surface area contributed by atoms with Crippen molar-refractivity contribution in [1.29, 1.82) is 0 Å². The number of carbonyl (C=O) groups is 1. The van der Waals surface area contributed by atoms with Gasteiger partial charge < -0.3 is 4.74 Å². The van der Waals surface area contributed by atoms with Gasteiger partial charge >= 0.3 is 0 Å². The fraction of sp³-hybridized carbons (Fsp3) is 0.0714. The Labute approximate surface area is 119 Å². The van der Waals surface area contributed by atoms with Crippen molar-refractivity contribution in [3.05, 3.63) is 51.5 Å². The van der Waals surface area contributed by atoms with E-state index in [-0.39, 0.29) is 0 Å². The molecular weight excluding hydrogens is 316 g/mol. The molecule has 0 N–H and O–H groups in total. The first-order valence-electron chi connectivity index (χ1n) is 5.25. The first-order chi connectivity index (χ1) is 8.67. The van der Waals surface area contributed by atoms with E-state index < -0.39 is 0 Å². The SMILES string of the molecule is COc1cc(-c2cccc(Br)c2Cl)ccc1C=O. The van der Waals surface area contributed by atoms with Crippen molar-refractivity contribution in [2.75, 3.05) is 7.11 Å². The van der Waals surface area contributed by atoms with Gasteiger partial charge in [-0.3, -0.25) is 4.79 Å². The summed E-state index contributed by atoms with van der Waals surface area (Å²) < 4.78 is 6.02. The molecule has 0 heterocycles. The number of hydrogen-bond donors (Lipinski definition) is 0. The third kappa shape index (κ3) is 2.42. The number of ether oxygens (including phenoxy) is 1. The zero-order valence-corrected chi connectivity index (χ0v) is 12.0. The lowest BCUT2D eigenvalue weighted by atomic mass is 10.0. The second-order valence-electron chi connectivity index (χ2n) is 3.68. The van der Waals surface area contributed by atoms with E-state index in [1.165, 1.54) is 7.11 Å². The first kappa shape index (κ1) is 13.1. The summed E-state index contributed by atoms with van der Waals surface area (Å²) in [5.41, 5.74) is 2.32. The van der Waals surface area contributed by atoms with E-state index >= 15 is 0 Å². The highest BCUT2D eigenvalue weighted by molar-refractivity contribution is 9.10. The molecule has 0 amide bonds. The zero-order chi connectivity index (χ0) is 13.1. The standard InChI is InChI=1S/C14H10BrClO2/c1-18-13-7-9(5-6-10(13)8-17)11-3-2-4-12(15)14(11)16/h2-8H,1H3. The summed E-state index contributed by atoms with van der Waals surface area (Å²) in [5, 5.41) is 0.637. The number of rotatable bonds is 3. The number of aldehydes is 1. The van der Waals surface area contributed by atoms with E-state index in [4.69, 9.17) is 16.3 Å². The molecular formula is C14H10BrClO2. The van der Waals surface area contributed by atoms with Crippen LogP contribution in [0.15, 0.2) is 40.9 Å². The minimum atomic E-state index is 0.521. The predicted molar refractivity (Wildman–Crippen MR) is 76.5 cm³/mol. The van der Waals surface area contributed by atoms with Crippen LogP contribution in [0.2, 0.25) is 5.02 Å². The van der Waals surface area contributed by atoms with Crippen molar-refractivity contribution >= 4 is 33.8 Å². The second-order valence-corrected chi connectivity index (χ2v) is 4.91. The molecule has 18 heavy (non-hydrogen) atoms. The largest absolute Gasteiger partial charge is 0.496 e. The zero-order valence-electron chi connectivity index (χ0n) is 9.61. The van der Waals surface area contributed by atoms with Crippen molar-refractivity contribution in [2.24, 2.45) is 0 Å². The Hall–Kier alpha value is -1.32. The number of halogens is 2. The average Bonchev–Trinajstić information content (AvgIpc) is 2.41. The summed E-state index contributed by atoms with van der Waals surface area (Å²) in [6.07, 6.45) is 0.769. The van der Waals surface area contributed by atoms with Crippen LogP contribution in [0.1, 0.15) is 10.4 Å². The van der Waals surface area contributed by atoms with Crippen molar-refractivity contribution in [3.63, 3.8) is 0 Å². The predicted octanol–water partition coefficient (Wildman–Crippen LogP) is 4.59. The van der Waals surface area contributed by atoms with Gasteiger partial charge in [0, 0.05) is 10.0 Å². The van der Waals surface area contributed by atoms with Gasteiger partial charge in [-0.1, -0.05) is 29.8 Å². The molecule has 0 spiro atoms. The van der Waals surface area contributed by atoms with Gasteiger partial charge in [0.2, 0.25) is 0 Å². The lowest BCUT2D eigenvalue weighted by molar-refractivity contribution is 0.112. The highest BCUT2D eigenvalue weighted by atomic mass is 79.9. The van der Waals surface area contributed by atoms with E-state index in [0.29, 0.717) is 16.3 Å². The van der Waals surface area contributed by atoms with Gasteiger partial charge in [-0.25, -0.2) is 0 Å². The molecule has 0 saturated heterocycles. The fourth-order valence-corrected chi connectivity index (χ4v) is 2.30. The topological polar surface area (TPSA) is 26.3 Å². The summed E-state index contributed by atoms with van der Waals surface area (Å²) in [6, 6.07) is 11.1. The normalized spacial score (nSPS) is 10.2. The smallest absolute Gasteiger partial charge is 0.153 e. The molecule has 92 valence electrons. The molecule has 2 nitrogen and oxygen atoms in total. The number of benzene rings is 2. The molecule has 2 aromatic carbocycles. The fourth-order valence-electron chi connectivity index (χ4n) is 1.70. The maximum Gasteiger partial charge on any atom is 0.153 e. The van der Waals surface area contributed by atoms with Crippen LogP contribution in [0, 0.1) is 0 Å². The molecule has 0 aliphatic heterocycles. The molecule has 0 aliphatic carbocycles. The minimum Gasteiger partial charge on any atom is -0.496 e. The maximum atomic E-state index is 10.8. The third-order valence-corrected chi connectivity index (χ3v) is 3.92. The summed E-state index contributed by atoms with van der Waals surface area (Å²) in [5.74, 6) is 0.540. The molecule has 0 aliphatic rings. The molecule has 4 heteroatoms. The third-order valence-electron chi connectivity index (χ3n) is 2.62. The average molecular weight is 326 g/mol. The van der Waals surface area contributed by atoms with Gasteiger partial charge in [0.1, 0.15) is 5.75 Å². The van der Waals surface area contributed by atoms with Gasteiger partial charge in [0.25, 0.3) is 0 Å². The molecule has 0 aromatic heterocycles. The summed E-state index contributed by atoms with van der Waals surface area (Å²) in [7, 11) is 1.54. The van der Waals surface area contributed by atoms with E-state index in [2.05, 4.69) is 15.9 Å². The van der Waals surface area contributed by atoms with Gasteiger partial charge in [-0.2, -0.15) is 0 Å². The first-order valence-corrected chi connectivity index (χ1v) is 6.42. The molecule has 0 atom stereocenters. The van der Waals surface area contributed by atoms with Gasteiger partial charge in [0.15, 0.2) is 6.29 Å². The highest BCUT2D eigenvalue weighted by Gasteiger charge is 2.09. The van der Waals surface area contributed by atoms with Crippen LogP contribution in [0.3, 0.4) is 0 Å². The quantitative estimate of drug-likeness (QED) is 0.771. The maximum absolute atomic E-state index is 10.8. The second kappa shape index (κ2) is 5.55. The Morgan fingerprint density at radius 2 is 2.06 bits per heavy atom. The van der Waals surface area contributed by atoms with Crippen LogP contribution in [0.5, 0.6) is 5.75 Å². The van der Waals surface area contributed by atoms with E-state index in [0.717, 1.165) is 21.9 Å². The monoisotopic (exact) mass is 324 g/mol. The Morgan fingerprint density at radius 3 is 2.72 bits per heavy atom. The van der Waals surface area contributed by atoms with Gasteiger partial charge in [-0.05, 0) is 39.7 Å². The lowest BCUT2D eigenvalue weighted by Crippen LogP contribution is -1.91. The Bertz CT molecular complexity index is 596. The van der Waals surface area contributed by atoms with Gasteiger partial charge in [-0.15, -0.1) is 0 Å². The number of methoxy groups -OCH3 is 1. The number of carbonyl (C=O) groups excluding carboxylic acids is 1. The highest BCUT2D eigenvalue weighted by Crippen LogP contribution is 2.35. The molecule has 0 bridgehead atoms. The molecule has 2 aromatic rings. The van der Waals surface area contributed by atoms with Crippen LogP contribution in [0.4, 0.5) is 0 Å². The van der Waals surface area contributed by atoms with Crippen LogP contribution >= 0.6 is 27.5 Å². The van der Waals surface area contributed by atoms with Crippen molar-refractivity contribution in [1.82, 2.24) is 0 Å². The Balaban J connectivity index is 2.58. The van der Waals surface area contributed by atoms with Crippen LogP contribution < -0.4 is 4.74 Å². The summed E-state index contributed by atoms with van der Waals surface area (Å²) >= 11 is 9.63. The minimum absolute atomic E-state index is 0.521. The molecule has 0 saturated carbocycles. The van der Waals surface area contributed by atoms with Gasteiger partial charge in [0.05, 0.1) is 17.7 Å². The van der Waals surface area contributed by atoms with Crippen LogP contribution in [-0.2, 0) is 0 Å². The summed E-state index contributed by atoms with van der Waals surface area (Å²) in [6.45, 7) is 0. The van der Waals surface area contributed by atoms with Crippen molar-refractivity contribution < 1.29 is 9.53 Å². The molecule has 0 unspecified atom stereocenters. The lowest BCUT2D eigenvalue weighted by Gasteiger charge is -2.09. The molecule has 2 rings (SSSR count). The Morgan fingerprint density at radius 1 is 1.28 bits per heavy atom. The van der Waals surface area contributed by atoms with E-state index in [1.54, 1.807) is 12.1 Å². The molecule has 0 radical (unpaired) electrons. The van der Waals surface area contributed by atoms with Crippen molar-refractivity contribution in [3.8, 4) is 16.9 Å². The van der Waals surface area contributed by atoms with E-state index in [9.17, 15) is 4.79 Å². The molecule has 0 fully saturated rings. The number of hydrogen-bond acceptors (Lipinski definition) is 2. The Kier molecular flexibility index (Phi) is 4.04. The van der Waals surface area contributed by atoms with E-state index in [1.807, 2.05) is 24.3 Å².